The summed E-state index contributed by atoms with van der Waals surface area (Å²) in [6, 6.07) is 1.02. The van der Waals surface area contributed by atoms with E-state index in [1.807, 2.05) is 11.7 Å². The second-order valence-corrected chi connectivity index (χ2v) is 6.32. The molecule has 1 heterocycles. The molecule has 2 unspecified atom stereocenters. The highest BCUT2D eigenvalue weighted by atomic mass is 32.2. The van der Waals surface area contributed by atoms with E-state index in [4.69, 9.17) is 0 Å². The lowest BCUT2D eigenvalue weighted by molar-refractivity contribution is 0.422. The maximum Gasteiger partial charge on any atom is 0.209 e. The number of nitrogens with one attached hydrogen (secondary N) is 1. The highest BCUT2D eigenvalue weighted by Crippen LogP contribution is 2.33. The van der Waals surface area contributed by atoms with E-state index in [1.165, 1.54) is 25.7 Å². The van der Waals surface area contributed by atoms with Crippen molar-refractivity contribution in [1.82, 2.24) is 25.5 Å². The summed E-state index contributed by atoms with van der Waals surface area (Å²) in [5.41, 5.74) is 0. The van der Waals surface area contributed by atoms with Crippen molar-refractivity contribution < 1.29 is 0 Å². The average Bonchev–Trinajstić information content (AvgIpc) is 3.00. The highest BCUT2D eigenvalue weighted by Gasteiger charge is 2.24. The van der Waals surface area contributed by atoms with Crippen LogP contribution in [0.4, 0.5) is 0 Å². The molecule has 0 radical (unpaired) electrons. The van der Waals surface area contributed by atoms with Crippen LogP contribution in [0, 0.1) is 0 Å². The fraction of sp³-hybridized carbons (Fsp3) is 0.917. The van der Waals surface area contributed by atoms with Gasteiger partial charge in [0.1, 0.15) is 0 Å². The van der Waals surface area contributed by atoms with Gasteiger partial charge in [-0.15, -0.1) is 5.10 Å². The summed E-state index contributed by atoms with van der Waals surface area (Å²) in [7, 11) is 2.02. The molecule has 102 valence electrons. The Morgan fingerprint density at radius 1 is 1.44 bits per heavy atom. The quantitative estimate of drug-likeness (QED) is 0.803. The molecule has 5 nitrogen and oxygen atoms in total. The molecular weight excluding hydrogens is 246 g/mol. The van der Waals surface area contributed by atoms with Gasteiger partial charge in [0.15, 0.2) is 0 Å². The first kappa shape index (κ1) is 13.8. The van der Waals surface area contributed by atoms with Crippen molar-refractivity contribution in [3.63, 3.8) is 0 Å². The minimum absolute atomic E-state index is 0.478. The number of rotatable bonds is 6. The Morgan fingerprint density at radius 2 is 2.17 bits per heavy atom. The van der Waals surface area contributed by atoms with E-state index < -0.39 is 0 Å². The van der Waals surface area contributed by atoms with E-state index in [0.717, 1.165) is 11.6 Å². The topological polar surface area (TPSA) is 55.6 Å². The maximum atomic E-state index is 4.19. The molecule has 1 aliphatic carbocycles. The molecule has 1 aromatic heterocycles. The van der Waals surface area contributed by atoms with E-state index in [-0.39, 0.29) is 0 Å². The fourth-order valence-electron chi connectivity index (χ4n) is 2.66. The number of tetrazole rings is 1. The Kier molecular flexibility index (Phi) is 5.00. The van der Waals surface area contributed by atoms with Crippen LogP contribution in [-0.4, -0.2) is 38.5 Å². The molecule has 18 heavy (non-hydrogen) atoms. The number of thioether (sulfide) groups is 1. The molecule has 1 saturated carbocycles. The van der Waals surface area contributed by atoms with Crippen molar-refractivity contribution in [2.24, 2.45) is 0 Å². The lowest BCUT2D eigenvalue weighted by Gasteiger charge is -2.21. The number of hydrogen-bond donors (Lipinski definition) is 1. The van der Waals surface area contributed by atoms with Crippen LogP contribution in [-0.2, 0) is 0 Å². The molecule has 6 heteroatoms. The van der Waals surface area contributed by atoms with Gasteiger partial charge in [-0.05, 0) is 36.7 Å². The van der Waals surface area contributed by atoms with Gasteiger partial charge in [0.05, 0.1) is 6.04 Å². The Labute approximate surface area is 113 Å². The molecule has 0 bridgehead atoms. The second-order valence-electron chi connectivity index (χ2n) is 4.97. The summed E-state index contributed by atoms with van der Waals surface area (Å²) in [6.45, 7) is 4.45. The average molecular weight is 269 g/mol. The van der Waals surface area contributed by atoms with Crippen LogP contribution in [0.3, 0.4) is 0 Å². The normalized spacial score (nSPS) is 20.2. The third-order valence-electron chi connectivity index (χ3n) is 3.80. The predicted octanol–water partition coefficient (Wildman–Crippen LogP) is 2.27. The van der Waals surface area contributed by atoms with Gasteiger partial charge < -0.3 is 5.32 Å². The lowest BCUT2D eigenvalue weighted by atomic mass is 10.2. The van der Waals surface area contributed by atoms with Crippen molar-refractivity contribution in [3.8, 4) is 0 Å². The molecule has 2 atom stereocenters. The smallest absolute Gasteiger partial charge is 0.209 e. The van der Waals surface area contributed by atoms with Crippen LogP contribution in [0.15, 0.2) is 5.16 Å². The zero-order valence-corrected chi connectivity index (χ0v) is 12.3. The number of aromatic nitrogens is 4. The molecular formula is C12H23N5S. The SMILES string of the molecule is CCC(NC)C(C)Sc1nnnn1C1CCCC1. The van der Waals surface area contributed by atoms with Crippen LogP contribution >= 0.6 is 11.8 Å². The first-order valence-corrected chi connectivity index (χ1v) is 7.76. The molecule has 1 fully saturated rings. The molecule has 1 aromatic rings. The van der Waals surface area contributed by atoms with Gasteiger partial charge in [-0.2, -0.15) is 0 Å². The maximum absolute atomic E-state index is 4.19. The van der Waals surface area contributed by atoms with E-state index in [1.54, 1.807) is 11.8 Å². The van der Waals surface area contributed by atoms with E-state index in [9.17, 15) is 0 Å². The van der Waals surface area contributed by atoms with E-state index >= 15 is 0 Å². The van der Waals surface area contributed by atoms with Crippen LogP contribution < -0.4 is 5.32 Å². The summed E-state index contributed by atoms with van der Waals surface area (Å²) < 4.78 is 2.04. The Bertz CT molecular complexity index is 357. The third-order valence-corrected chi connectivity index (χ3v) is 4.98. The van der Waals surface area contributed by atoms with Gasteiger partial charge in [0, 0.05) is 11.3 Å². The van der Waals surface area contributed by atoms with Gasteiger partial charge in [-0.1, -0.05) is 38.5 Å². The van der Waals surface area contributed by atoms with Gasteiger partial charge >= 0.3 is 0 Å². The second kappa shape index (κ2) is 6.52. The van der Waals surface area contributed by atoms with Crippen molar-refractivity contribution >= 4 is 11.8 Å². The molecule has 0 spiro atoms. The molecule has 0 aliphatic heterocycles. The zero-order chi connectivity index (χ0) is 13.0. The van der Waals surface area contributed by atoms with Crippen molar-refractivity contribution in [2.75, 3.05) is 7.05 Å². The molecule has 0 aromatic carbocycles. The standard InChI is InChI=1S/C12H23N5S/c1-4-11(13-3)9(2)18-12-14-15-16-17(12)10-7-5-6-8-10/h9-11,13H,4-8H2,1-3H3. The fourth-order valence-corrected chi connectivity index (χ4v) is 3.86. The van der Waals surface area contributed by atoms with E-state index in [2.05, 4.69) is 34.7 Å². The van der Waals surface area contributed by atoms with Gasteiger partial charge in [-0.3, -0.25) is 0 Å². The number of hydrogen-bond acceptors (Lipinski definition) is 5. The minimum Gasteiger partial charge on any atom is -0.316 e. The highest BCUT2D eigenvalue weighted by molar-refractivity contribution is 7.99. The van der Waals surface area contributed by atoms with Gasteiger partial charge in [0.25, 0.3) is 0 Å². The van der Waals surface area contributed by atoms with Gasteiger partial charge in [0.2, 0.25) is 5.16 Å². The predicted molar refractivity (Wildman–Crippen MR) is 73.8 cm³/mol. The lowest BCUT2D eigenvalue weighted by Crippen LogP contribution is -2.33. The van der Waals surface area contributed by atoms with Crippen LogP contribution in [0.5, 0.6) is 0 Å². The zero-order valence-electron chi connectivity index (χ0n) is 11.5. The molecule has 1 aliphatic rings. The Morgan fingerprint density at radius 3 is 2.78 bits per heavy atom. The van der Waals surface area contributed by atoms with Crippen molar-refractivity contribution in [3.05, 3.63) is 0 Å². The Hall–Kier alpha value is -0.620. The first-order chi connectivity index (χ1) is 8.76. The van der Waals surface area contributed by atoms with Crippen molar-refractivity contribution in [2.45, 2.75) is 68.4 Å². The summed E-state index contributed by atoms with van der Waals surface area (Å²) >= 11 is 1.79. The third kappa shape index (κ3) is 3.03. The minimum atomic E-state index is 0.478. The van der Waals surface area contributed by atoms with Crippen molar-refractivity contribution in [1.29, 1.82) is 0 Å². The summed E-state index contributed by atoms with van der Waals surface area (Å²) in [6.07, 6.45) is 6.17. The summed E-state index contributed by atoms with van der Waals surface area (Å²) in [5.74, 6) is 0. The number of nitrogens with zero attached hydrogens (tertiary/aromatic N) is 4. The van der Waals surface area contributed by atoms with Crippen LogP contribution in [0.1, 0.15) is 52.0 Å². The summed E-state index contributed by atoms with van der Waals surface area (Å²) in [5, 5.41) is 17.0. The van der Waals surface area contributed by atoms with Crippen LogP contribution in [0.25, 0.3) is 0 Å². The van der Waals surface area contributed by atoms with E-state index in [0.29, 0.717) is 17.3 Å². The van der Waals surface area contributed by atoms with Gasteiger partial charge in [-0.25, -0.2) is 4.68 Å². The largest absolute Gasteiger partial charge is 0.316 e. The summed E-state index contributed by atoms with van der Waals surface area (Å²) in [4.78, 5) is 0. The molecule has 0 amide bonds. The van der Waals surface area contributed by atoms with Crippen LogP contribution in [0.2, 0.25) is 0 Å². The molecule has 2 rings (SSSR count). The Balaban J connectivity index is 2.02. The molecule has 1 N–H and O–H groups in total. The molecule has 0 saturated heterocycles. The monoisotopic (exact) mass is 269 g/mol. The first-order valence-electron chi connectivity index (χ1n) is 6.88.